The summed E-state index contributed by atoms with van der Waals surface area (Å²) in [4.78, 5) is 20.4. The number of carboxylic acids is 1. The molecule has 0 fully saturated rings. The van der Waals surface area contributed by atoms with Gasteiger partial charge < -0.3 is 20.1 Å². The summed E-state index contributed by atoms with van der Waals surface area (Å²) in [5.74, 6) is -0.982. The average Bonchev–Trinajstić information content (AvgIpc) is 3.11. The van der Waals surface area contributed by atoms with Crippen molar-refractivity contribution in [1.82, 2.24) is 19.9 Å². The molecule has 0 radical (unpaired) electrons. The molecule has 0 aliphatic rings. The summed E-state index contributed by atoms with van der Waals surface area (Å²) in [5.41, 5.74) is 3.41. The number of aromatic nitrogens is 3. The topological polar surface area (TPSA) is 100 Å². The van der Waals surface area contributed by atoms with Crippen LogP contribution in [0.1, 0.15) is 40.2 Å². The van der Waals surface area contributed by atoms with Gasteiger partial charge in [-0.3, -0.25) is 0 Å². The summed E-state index contributed by atoms with van der Waals surface area (Å²) in [6.45, 7) is 2.66. The Labute approximate surface area is 196 Å². The Kier molecular flexibility index (Phi) is 7.03. The molecule has 2 heterocycles. The Bertz CT molecular complexity index is 1260. The number of carbonyl (C=O) groups is 1. The van der Waals surface area contributed by atoms with Gasteiger partial charge in [0.1, 0.15) is 12.0 Å². The molecule has 33 heavy (non-hydrogen) atoms. The highest BCUT2D eigenvalue weighted by Gasteiger charge is 2.24. The molecular weight excluding hydrogens is 440 g/mol. The van der Waals surface area contributed by atoms with Gasteiger partial charge in [-0.25, -0.2) is 14.8 Å². The van der Waals surface area contributed by atoms with E-state index < -0.39 is 12.1 Å². The van der Waals surface area contributed by atoms with E-state index in [0.29, 0.717) is 24.5 Å². The normalized spacial score (nSPS) is 13.2. The third kappa shape index (κ3) is 5.22. The van der Waals surface area contributed by atoms with Crippen LogP contribution in [0, 0.1) is 0 Å². The highest BCUT2D eigenvalue weighted by Crippen LogP contribution is 2.29. The van der Waals surface area contributed by atoms with Crippen LogP contribution in [0.5, 0.6) is 0 Å². The first-order valence-electron chi connectivity index (χ1n) is 10.7. The number of halogens is 1. The number of aliphatic hydroxyl groups is 1. The number of hydrogen-bond acceptors (Lipinski definition) is 5. The van der Waals surface area contributed by atoms with Crippen LogP contribution >= 0.6 is 11.6 Å². The number of rotatable bonds is 9. The smallest absolute Gasteiger partial charge is 0.352 e. The van der Waals surface area contributed by atoms with Crippen LogP contribution in [0.2, 0.25) is 5.02 Å². The Balaban J connectivity index is 1.59. The largest absolute Gasteiger partial charge is 0.477 e. The van der Waals surface area contributed by atoms with Gasteiger partial charge in [0.15, 0.2) is 0 Å². The summed E-state index contributed by atoms with van der Waals surface area (Å²) >= 11 is 6.02. The summed E-state index contributed by atoms with van der Waals surface area (Å²) in [7, 11) is 0. The van der Waals surface area contributed by atoms with Gasteiger partial charge in [0.05, 0.1) is 12.6 Å². The third-order valence-corrected chi connectivity index (χ3v) is 5.87. The highest BCUT2D eigenvalue weighted by molar-refractivity contribution is 6.30. The molecule has 170 valence electrons. The molecule has 2 unspecified atom stereocenters. The monoisotopic (exact) mass is 464 g/mol. The molecular formula is C25H25ClN4O3. The summed E-state index contributed by atoms with van der Waals surface area (Å²) in [6, 6.07) is 14.7. The van der Waals surface area contributed by atoms with Crippen LogP contribution < -0.4 is 5.32 Å². The number of hydrogen-bond donors (Lipinski definition) is 3. The summed E-state index contributed by atoms with van der Waals surface area (Å²) < 4.78 is 1.80. The predicted octanol–water partition coefficient (Wildman–Crippen LogP) is 4.09. The zero-order valence-corrected chi connectivity index (χ0v) is 18.9. The van der Waals surface area contributed by atoms with Gasteiger partial charge >= 0.3 is 5.97 Å². The number of nitrogens with zero attached hydrogens (tertiary/aromatic N) is 3. The van der Waals surface area contributed by atoms with Crippen molar-refractivity contribution in [3.8, 4) is 0 Å². The van der Waals surface area contributed by atoms with E-state index in [2.05, 4.69) is 15.3 Å². The second kappa shape index (κ2) is 10.1. The Morgan fingerprint density at radius 1 is 1.15 bits per heavy atom. The molecule has 0 spiro atoms. The second-order valence-corrected chi connectivity index (χ2v) is 8.50. The van der Waals surface area contributed by atoms with E-state index in [1.54, 1.807) is 35.2 Å². The molecule has 4 rings (SSSR count). The summed E-state index contributed by atoms with van der Waals surface area (Å²) in [5, 5.41) is 25.4. The first kappa shape index (κ1) is 22.9. The molecule has 0 aliphatic carbocycles. The van der Waals surface area contributed by atoms with Crippen LogP contribution in [0.25, 0.3) is 10.9 Å². The van der Waals surface area contributed by atoms with Crippen LogP contribution in [0.3, 0.4) is 0 Å². The average molecular weight is 465 g/mol. The minimum Gasteiger partial charge on any atom is -0.477 e. The molecule has 4 aromatic rings. The van der Waals surface area contributed by atoms with Crippen molar-refractivity contribution < 1.29 is 15.0 Å². The van der Waals surface area contributed by atoms with Crippen LogP contribution in [-0.4, -0.2) is 43.3 Å². The van der Waals surface area contributed by atoms with E-state index >= 15 is 0 Å². The van der Waals surface area contributed by atoms with Crippen molar-refractivity contribution in [3.05, 3.63) is 94.7 Å². The molecule has 0 bridgehead atoms. The second-order valence-electron chi connectivity index (χ2n) is 8.07. The lowest BCUT2D eigenvalue weighted by Gasteiger charge is -2.18. The molecule has 2 aromatic carbocycles. The van der Waals surface area contributed by atoms with Crippen LogP contribution in [0.15, 0.2) is 67.3 Å². The van der Waals surface area contributed by atoms with E-state index in [1.807, 2.05) is 37.3 Å². The van der Waals surface area contributed by atoms with E-state index in [9.17, 15) is 15.0 Å². The molecule has 8 heteroatoms. The van der Waals surface area contributed by atoms with Gasteiger partial charge in [-0.15, -0.1) is 0 Å². The van der Waals surface area contributed by atoms with Gasteiger partial charge in [0.2, 0.25) is 0 Å². The Morgan fingerprint density at radius 3 is 2.64 bits per heavy atom. The molecule has 0 saturated heterocycles. The fraction of sp³-hybridized carbons (Fsp3) is 0.240. The van der Waals surface area contributed by atoms with Crippen molar-refractivity contribution in [2.75, 3.05) is 6.54 Å². The van der Waals surface area contributed by atoms with Crippen molar-refractivity contribution in [2.24, 2.45) is 0 Å². The number of para-hydroxylation sites is 1. The van der Waals surface area contributed by atoms with Gasteiger partial charge in [-0.05, 0) is 42.7 Å². The molecule has 0 aliphatic heterocycles. The zero-order valence-electron chi connectivity index (χ0n) is 18.1. The van der Waals surface area contributed by atoms with Crippen molar-refractivity contribution >= 4 is 28.5 Å². The van der Waals surface area contributed by atoms with Gasteiger partial charge in [-0.2, -0.15) is 0 Å². The molecule has 7 nitrogen and oxygen atoms in total. The Morgan fingerprint density at radius 2 is 1.91 bits per heavy atom. The van der Waals surface area contributed by atoms with Crippen molar-refractivity contribution in [3.63, 3.8) is 0 Å². The van der Waals surface area contributed by atoms with Crippen LogP contribution in [-0.2, 0) is 13.0 Å². The maximum Gasteiger partial charge on any atom is 0.352 e. The lowest BCUT2D eigenvalue weighted by atomic mass is 10.0. The standard InChI is InChI=1S/C25H25ClN4O3/c1-16(29-13-23(31)18-5-4-6-19(26)10-18)9-21-20-7-2-3-8-22(20)30(24(21)25(32)33)14-17-11-27-15-28-12-17/h2-8,10-12,15-16,23,29,31H,9,13-14H2,1H3,(H,32,33). The number of benzene rings is 2. The number of nitrogens with one attached hydrogen (secondary N) is 1. The maximum atomic E-state index is 12.3. The van der Waals surface area contributed by atoms with Gasteiger partial charge in [-0.1, -0.05) is 41.9 Å². The van der Waals surface area contributed by atoms with Crippen molar-refractivity contribution in [1.29, 1.82) is 0 Å². The molecule has 0 amide bonds. The number of fused-ring (bicyclic) bond motifs is 1. The highest BCUT2D eigenvalue weighted by atomic mass is 35.5. The third-order valence-electron chi connectivity index (χ3n) is 5.64. The maximum absolute atomic E-state index is 12.3. The van der Waals surface area contributed by atoms with E-state index in [0.717, 1.165) is 27.6 Å². The zero-order chi connectivity index (χ0) is 23.4. The number of carboxylic acid groups (broad SMARTS) is 1. The number of aromatic carboxylic acids is 1. The summed E-state index contributed by atoms with van der Waals surface area (Å²) in [6.07, 6.45) is 4.60. The van der Waals surface area contributed by atoms with Gasteiger partial charge in [0.25, 0.3) is 0 Å². The molecule has 3 N–H and O–H groups in total. The number of aliphatic hydroxyl groups excluding tert-OH is 1. The fourth-order valence-corrected chi connectivity index (χ4v) is 4.31. The lowest BCUT2D eigenvalue weighted by Crippen LogP contribution is -2.32. The lowest BCUT2D eigenvalue weighted by molar-refractivity contribution is 0.0684. The quantitative estimate of drug-likeness (QED) is 0.345. The van der Waals surface area contributed by atoms with E-state index in [-0.39, 0.29) is 11.7 Å². The Hall–Kier alpha value is -3.26. The van der Waals surface area contributed by atoms with Gasteiger partial charge in [0, 0.05) is 46.5 Å². The van der Waals surface area contributed by atoms with Crippen molar-refractivity contribution in [2.45, 2.75) is 32.0 Å². The van der Waals surface area contributed by atoms with Crippen LogP contribution in [0.4, 0.5) is 0 Å². The minimum absolute atomic E-state index is 0.0729. The molecule has 0 saturated carbocycles. The fourth-order valence-electron chi connectivity index (χ4n) is 4.11. The first-order chi connectivity index (χ1) is 15.9. The molecule has 2 atom stereocenters. The SMILES string of the molecule is CC(Cc1c(C(=O)O)n(Cc2cncnc2)c2ccccc12)NCC(O)c1cccc(Cl)c1. The van der Waals surface area contributed by atoms with E-state index in [1.165, 1.54) is 6.33 Å². The van der Waals surface area contributed by atoms with E-state index in [4.69, 9.17) is 11.6 Å². The predicted molar refractivity (Wildman–Crippen MR) is 128 cm³/mol. The minimum atomic E-state index is -0.982. The molecule has 2 aromatic heterocycles. The first-order valence-corrected chi connectivity index (χ1v) is 11.1.